The maximum absolute atomic E-state index is 13.7. The maximum Gasteiger partial charge on any atom is 0.318 e. The number of halogens is 1. The van der Waals surface area contributed by atoms with Crippen molar-refractivity contribution in [1.29, 1.82) is 0 Å². The third-order valence-corrected chi connectivity index (χ3v) is 6.22. The van der Waals surface area contributed by atoms with Gasteiger partial charge in [0.25, 0.3) is 5.91 Å². The first-order valence-corrected chi connectivity index (χ1v) is 12.2. The highest BCUT2D eigenvalue weighted by atomic mass is 35.5. The summed E-state index contributed by atoms with van der Waals surface area (Å²) >= 11 is 6.55. The molecule has 188 valence electrons. The Hall–Kier alpha value is -3.85. The summed E-state index contributed by atoms with van der Waals surface area (Å²) in [6.07, 6.45) is 3.47. The van der Waals surface area contributed by atoms with Gasteiger partial charge in [-0.25, -0.2) is 9.48 Å². The number of fused-ring (bicyclic) bond motifs is 1. The first-order valence-electron chi connectivity index (χ1n) is 11.8. The first-order chi connectivity index (χ1) is 17.2. The second-order valence-electron chi connectivity index (χ2n) is 9.02. The zero-order chi connectivity index (χ0) is 25.8. The van der Waals surface area contributed by atoms with E-state index in [2.05, 4.69) is 15.7 Å². The van der Waals surface area contributed by atoms with Gasteiger partial charge in [0.1, 0.15) is 0 Å². The summed E-state index contributed by atoms with van der Waals surface area (Å²) in [7, 11) is 0. The SMILES string of the molecule is CC(C)NC(=O)CNC(=O)N1Cc2ccccc2N(C(=O)c2ccc(-n3cccn3)cc2Cl)C[C@H]1C. The summed E-state index contributed by atoms with van der Waals surface area (Å²) in [6.45, 7) is 6.03. The lowest BCUT2D eigenvalue weighted by Crippen LogP contribution is -2.50. The molecule has 0 saturated heterocycles. The van der Waals surface area contributed by atoms with Gasteiger partial charge in [-0.1, -0.05) is 29.8 Å². The van der Waals surface area contributed by atoms with Crippen LogP contribution >= 0.6 is 11.6 Å². The summed E-state index contributed by atoms with van der Waals surface area (Å²) in [5, 5.41) is 9.96. The number of anilines is 1. The van der Waals surface area contributed by atoms with Crippen molar-refractivity contribution in [3.05, 3.63) is 77.1 Å². The Morgan fingerprint density at radius 3 is 2.61 bits per heavy atom. The predicted octanol–water partition coefficient (Wildman–Crippen LogP) is 3.61. The van der Waals surface area contributed by atoms with Gasteiger partial charge >= 0.3 is 6.03 Å². The number of carbonyl (C=O) groups excluding carboxylic acids is 3. The lowest BCUT2D eigenvalue weighted by molar-refractivity contribution is -0.120. The number of nitrogens with one attached hydrogen (secondary N) is 2. The molecule has 3 aromatic rings. The molecule has 9 nitrogen and oxygen atoms in total. The van der Waals surface area contributed by atoms with E-state index >= 15 is 0 Å². The topological polar surface area (TPSA) is 99.6 Å². The molecule has 1 aliphatic rings. The van der Waals surface area contributed by atoms with Crippen molar-refractivity contribution in [2.45, 2.75) is 39.4 Å². The van der Waals surface area contributed by atoms with Crippen LogP contribution in [-0.2, 0) is 11.3 Å². The van der Waals surface area contributed by atoms with Crippen molar-refractivity contribution in [3.63, 3.8) is 0 Å². The molecule has 1 aromatic heterocycles. The Kier molecular flexibility index (Phi) is 7.59. The van der Waals surface area contributed by atoms with Gasteiger partial charge in [0.2, 0.25) is 5.91 Å². The molecule has 2 N–H and O–H groups in total. The molecule has 0 saturated carbocycles. The highest BCUT2D eigenvalue weighted by Crippen LogP contribution is 2.30. The number of benzene rings is 2. The van der Waals surface area contributed by atoms with E-state index in [1.807, 2.05) is 45.0 Å². The van der Waals surface area contributed by atoms with Gasteiger partial charge < -0.3 is 20.4 Å². The van der Waals surface area contributed by atoms with Crippen LogP contribution in [0.3, 0.4) is 0 Å². The highest BCUT2D eigenvalue weighted by Gasteiger charge is 2.32. The zero-order valence-corrected chi connectivity index (χ0v) is 21.2. The Balaban J connectivity index is 1.57. The molecule has 0 fully saturated rings. The summed E-state index contributed by atoms with van der Waals surface area (Å²) in [4.78, 5) is 42.0. The number of rotatable bonds is 5. The average Bonchev–Trinajstić information content (AvgIpc) is 3.34. The number of hydrogen-bond donors (Lipinski definition) is 2. The van der Waals surface area contributed by atoms with Crippen molar-refractivity contribution >= 4 is 35.1 Å². The van der Waals surface area contributed by atoms with E-state index < -0.39 is 0 Å². The molecule has 0 unspecified atom stereocenters. The van der Waals surface area contributed by atoms with Crippen LogP contribution in [0.1, 0.15) is 36.7 Å². The Morgan fingerprint density at radius 2 is 1.92 bits per heavy atom. The van der Waals surface area contributed by atoms with Crippen molar-refractivity contribution in [3.8, 4) is 5.69 Å². The monoisotopic (exact) mass is 508 g/mol. The largest absolute Gasteiger partial charge is 0.352 e. The van der Waals surface area contributed by atoms with Crippen LogP contribution in [0.4, 0.5) is 10.5 Å². The quantitative estimate of drug-likeness (QED) is 0.550. The Bertz CT molecular complexity index is 1260. The molecule has 4 amide bonds. The number of amides is 4. The van der Waals surface area contributed by atoms with E-state index in [0.29, 0.717) is 17.1 Å². The number of para-hydroxylation sites is 1. The van der Waals surface area contributed by atoms with Gasteiger partial charge in [-0.15, -0.1) is 0 Å². The van der Waals surface area contributed by atoms with Crippen LogP contribution in [0.25, 0.3) is 5.69 Å². The van der Waals surface area contributed by atoms with Crippen molar-refractivity contribution < 1.29 is 14.4 Å². The van der Waals surface area contributed by atoms with E-state index in [0.717, 1.165) is 16.9 Å². The fourth-order valence-electron chi connectivity index (χ4n) is 4.19. The molecular weight excluding hydrogens is 480 g/mol. The van der Waals surface area contributed by atoms with E-state index in [-0.39, 0.29) is 43.0 Å². The number of carbonyl (C=O) groups is 3. The predicted molar refractivity (Wildman–Crippen MR) is 138 cm³/mol. The molecule has 2 heterocycles. The summed E-state index contributed by atoms with van der Waals surface area (Å²) in [5.41, 5.74) is 2.64. The molecular formula is C26H29ClN6O3. The fraction of sp³-hybridized carbons (Fsp3) is 0.308. The van der Waals surface area contributed by atoms with Gasteiger partial charge in [-0.05, 0) is 56.7 Å². The van der Waals surface area contributed by atoms with Crippen LogP contribution in [0, 0.1) is 0 Å². The van der Waals surface area contributed by atoms with Crippen molar-refractivity contribution in [2.75, 3.05) is 18.0 Å². The zero-order valence-electron chi connectivity index (χ0n) is 20.4. The summed E-state index contributed by atoms with van der Waals surface area (Å²) in [6, 6.07) is 13.8. The lowest BCUT2D eigenvalue weighted by atomic mass is 10.1. The average molecular weight is 509 g/mol. The third-order valence-electron chi connectivity index (χ3n) is 5.91. The van der Waals surface area contributed by atoms with Crippen LogP contribution < -0.4 is 15.5 Å². The molecule has 1 aliphatic heterocycles. The number of urea groups is 1. The fourth-order valence-corrected chi connectivity index (χ4v) is 4.45. The van der Waals surface area contributed by atoms with Crippen molar-refractivity contribution in [2.24, 2.45) is 0 Å². The lowest BCUT2D eigenvalue weighted by Gasteiger charge is -2.29. The van der Waals surface area contributed by atoms with Gasteiger partial charge in [-0.3, -0.25) is 9.59 Å². The number of nitrogens with zero attached hydrogens (tertiary/aromatic N) is 4. The van der Waals surface area contributed by atoms with Crippen molar-refractivity contribution in [1.82, 2.24) is 25.3 Å². The van der Waals surface area contributed by atoms with Crippen LogP contribution in [-0.4, -0.2) is 57.7 Å². The molecule has 0 radical (unpaired) electrons. The van der Waals surface area contributed by atoms with Crippen LogP contribution in [0.2, 0.25) is 5.02 Å². The van der Waals surface area contributed by atoms with Gasteiger partial charge in [0.05, 0.1) is 22.8 Å². The minimum absolute atomic E-state index is 0.0154. The molecule has 0 spiro atoms. The smallest absolute Gasteiger partial charge is 0.318 e. The molecule has 2 aromatic carbocycles. The minimum atomic E-state index is -0.368. The standard InChI is InChI=1S/C26H29ClN6O3/c1-17(2)30-24(34)14-28-26(36)31-16-19-7-4-5-8-23(19)32(15-18(31)3)25(35)21-10-9-20(13-22(21)27)33-12-6-11-29-33/h4-13,17-18H,14-16H2,1-3H3,(H,28,36)(H,30,34)/t18-/m1/s1. The Morgan fingerprint density at radius 1 is 1.14 bits per heavy atom. The number of hydrogen-bond acceptors (Lipinski definition) is 4. The van der Waals surface area contributed by atoms with Gasteiger partial charge in [-0.2, -0.15) is 5.10 Å². The minimum Gasteiger partial charge on any atom is -0.352 e. The van der Waals surface area contributed by atoms with E-state index in [9.17, 15) is 14.4 Å². The third kappa shape index (κ3) is 5.52. The molecule has 0 aliphatic carbocycles. The normalized spacial score (nSPS) is 15.3. The second-order valence-corrected chi connectivity index (χ2v) is 9.42. The van der Waals surface area contributed by atoms with Crippen LogP contribution in [0.15, 0.2) is 60.9 Å². The molecule has 10 heteroatoms. The van der Waals surface area contributed by atoms with E-state index in [1.165, 1.54) is 0 Å². The molecule has 4 rings (SSSR count). The molecule has 0 bridgehead atoms. The highest BCUT2D eigenvalue weighted by molar-refractivity contribution is 6.34. The first kappa shape index (κ1) is 25.2. The number of aromatic nitrogens is 2. The van der Waals surface area contributed by atoms with E-state index in [1.54, 1.807) is 51.1 Å². The molecule has 36 heavy (non-hydrogen) atoms. The van der Waals surface area contributed by atoms with Gasteiger partial charge in [0.15, 0.2) is 0 Å². The van der Waals surface area contributed by atoms with Crippen LogP contribution in [0.5, 0.6) is 0 Å². The molecule has 1 atom stereocenters. The second kappa shape index (κ2) is 10.8. The maximum atomic E-state index is 13.7. The summed E-state index contributed by atoms with van der Waals surface area (Å²) in [5.74, 6) is -0.517. The Labute approximate surface area is 215 Å². The van der Waals surface area contributed by atoms with E-state index in [4.69, 9.17) is 11.6 Å². The van der Waals surface area contributed by atoms with Gasteiger partial charge in [0, 0.05) is 43.3 Å². The summed E-state index contributed by atoms with van der Waals surface area (Å²) < 4.78 is 1.67.